The molecule has 3 unspecified atom stereocenters. The number of rotatable bonds is 41. The second kappa shape index (κ2) is 46.6. The lowest BCUT2D eigenvalue weighted by atomic mass is 10.0. The minimum atomic E-state index is -0.821. The highest BCUT2D eigenvalue weighted by atomic mass is 16.5. The Balaban J connectivity index is 4.82. The van der Waals surface area contributed by atoms with Crippen molar-refractivity contribution in [2.45, 2.75) is 212 Å². The Bertz CT molecular complexity index is 1250. The molecule has 6 heteroatoms. The fourth-order valence-corrected chi connectivity index (χ4v) is 6.57. The standard InChI is InChI=1S/C54H89NO5/c1-4-7-10-13-16-19-22-24-25-26-27-29-32-35-38-41-44-47-54(59)60-50(45-42-39-36-33-31-28-23-20-17-14-11-8-5-2)48-53(58)55-51(49-56)52(57)46-43-40-37-34-30-21-18-15-12-9-6-3/h8,11,14,16-17,19-20,23-25,27-29,31,33,35-36,38,50-52,56-57H,4-7,9-10,12-13,15,18,21-22,26,30,32,34,37,39-49H2,1-3H3,(H,55,58)/b11-8+,17-14+,19-16-,23-20-,25-24-,29-27-,31-28-,36-33+,38-35-. The normalized spacial score (nSPS) is 14.3. The molecule has 0 fully saturated rings. The number of esters is 1. The van der Waals surface area contributed by atoms with Gasteiger partial charge in [0.05, 0.1) is 25.2 Å². The predicted octanol–water partition coefficient (Wildman–Crippen LogP) is 14.3. The van der Waals surface area contributed by atoms with Gasteiger partial charge in [0.25, 0.3) is 0 Å². The number of aliphatic hydroxyl groups is 2. The van der Waals surface area contributed by atoms with Gasteiger partial charge in [0.1, 0.15) is 6.10 Å². The van der Waals surface area contributed by atoms with E-state index in [1.54, 1.807) is 0 Å². The summed E-state index contributed by atoms with van der Waals surface area (Å²) >= 11 is 0. The molecule has 6 nitrogen and oxygen atoms in total. The van der Waals surface area contributed by atoms with Crippen molar-refractivity contribution in [2.24, 2.45) is 0 Å². The van der Waals surface area contributed by atoms with Crippen LogP contribution in [0.3, 0.4) is 0 Å². The van der Waals surface area contributed by atoms with Crippen LogP contribution in [0.1, 0.15) is 194 Å². The molecule has 0 aliphatic heterocycles. The van der Waals surface area contributed by atoms with E-state index in [9.17, 15) is 19.8 Å². The summed E-state index contributed by atoms with van der Waals surface area (Å²) in [4.78, 5) is 26.0. The van der Waals surface area contributed by atoms with Gasteiger partial charge in [0.2, 0.25) is 5.91 Å². The topological polar surface area (TPSA) is 95.9 Å². The quantitative estimate of drug-likeness (QED) is 0.0247. The Morgan fingerprint density at radius 1 is 0.517 bits per heavy atom. The summed E-state index contributed by atoms with van der Waals surface area (Å²) in [7, 11) is 0. The maximum Gasteiger partial charge on any atom is 0.306 e. The molecule has 0 aromatic carbocycles. The molecular formula is C54H89NO5. The SMILES string of the molecule is CC/C=C/C=C/C=C\C=C/C=C/CCCC(CC(=O)NC(CO)C(O)CCCCCCCCCCCCC)OC(=O)CCC/C=C\C/C=C\C/C=C\C/C=C\CCCCC. The smallest absolute Gasteiger partial charge is 0.306 e. The van der Waals surface area contributed by atoms with Crippen molar-refractivity contribution in [3.05, 3.63) is 109 Å². The van der Waals surface area contributed by atoms with Gasteiger partial charge in [0, 0.05) is 6.42 Å². The molecule has 0 aliphatic carbocycles. The minimum Gasteiger partial charge on any atom is -0.462 e. The maximum atomic E-state index is 13.1. The number of hydrogen-bond acceptors (Lipinski definition) is 5. The highest BCUT2D eigenvalue weighted by Gasteiger charge is 2.23. The first-order valence-electron chi connectivity index (χ1n) is 24.2. The van der Waals surface area contributed by atoms with Crippen molar-refractivity contribution in [3.8, 4) is 0 Å². The van der Waals surface area contributed by atoms with Gasteiger partial charge >= 0.3 is 5.97 Å². The molecule has 60 heavy (non-hydrogen) atoms. The van der Waals surface area contributed by atoms with E-state index in [-0.39, 0.29) is 31.3 Å². The van der Waals surface area contributed by atoms with Crippen LogP contribution in [0.15, 0.2) is 109 Å². The fourth-order valence-electron chi connectivity index (χ4n) is 6.57. The predicted molar refractivity (Wildman–Crippen MR) is 259 cm³/mol. The van der Waals surface area contributed by atoms with E-state index in [1.165, 1.54) is 77.0 Å². The van der Waals surface area contributed by atoms with Crippen molar-refractivity contribution >= 4 is 11.9 Å². The molecule has 0 aromatic rings. The van der Waals surface area contributed by atoms with Gasteiger partial charge in [-0.25, -0.2) is 0 Å². The van der Waals surface area contributed by atoms with Crippen LogP contribution in [0.25, 0.3) is 0 Å². The van der Waals surface area contributed by atoms with E-state index in [2.05, 4.69) is 86.8 Å². The van der Waals surface area contributed by atoms with E-state index < -0.39 is 18.2 Å². The van der Waals surface area contributed by atoms with Crippen molar-refractivity contribution < 1.29 is 24.5 Å². The van der Waals surface area contributed by atoms with Crippen LogP contribution in [0.2, 0.25) is 0 Å². The Labute approximate surface area is 368 Å². The van der Waals surface area contributed by atoms with E-state index in [0.29, 0.717) is 19.3 Å². The van der Waals surface area contributed by atoms with Gasteiger partial charge in [-0.3, -0.25) is 9.59 Å². The fraction of sp³-hybridized carbons (Fsp3) is 0.630. The highest BCUT2D eigenvalue weighted by molar-refractivity contribution is 5.77. The van der Waals surface area contributed by atoms with E-state index in [0.717, 1.165) is 64.2 Å². The van der Waals surface area contributed by atoms with E-state index >= 15 is 0 Å². The van der Waals surface area contributed by atoms with Crippen molar-refractivity contribution in [1.29, 1.82) is 0 Å². The third kappa shape index (κ3) is 41.3. The monoisotopic (exact) mass is 832 g/mol. The van der Waals surface area contributed by atoms with Crippen LogP contribution in [-0.4, -0.2) is 46.9 Å². The molecule has 0 saturated heterocycles. The zero-order valence-electron chi connectivity index (χ0n) is 38.5. The van der Waals surface area contributed by atoms with E-state index in [1.807, 2.05) is 48.6 Å². The number of nitrogens with one attached hydrogen (secondary N) is 1. The third-order valence-electron chi connectivity index (χ3n) is 10.2. The molecule has 0 saturated carbocycles. The van der Waals surface area contributed by atoms with Gasteiger partial charge in [-0.1, -0.05) is 214 Å². The van der Waals surface area contributed by atoms with Gasteiger partial charge in [-0.2, -0.15) is 0 Å². The number of aliphatic hydroxyl groups excluding tert-OH is 2. The van der Waals surface area contributed by atoms with Gasteiger partial charge in [0.15, 0.2) is 0 Å². The number of allylic oxidation sites excluding steroid dienone is 18. The minimum absolute atomic E-state index is 0.0000472. The van der Waals surface area contributed by atoms with Crippen LogP contribution < -0.4 is 5.32 Å². The molecule has 0 rings (SSSR count). The first kappa shape index (κ1) is 56.5. The van der Waals surface area contributed by atoms with Gasteiger partial charge < -0.3 is 20.3 Å². The molecule has 0 aromatic heterocycles. The van der Waals surface area contributed by atoms with Crippen LogP contribution in [0, 0.1) is 0 Å². The lowest BCUT2D eigenvalue weighted by Gasteiger charge is -2.24. The molecule has 1 amide bonds. The molecule has 0 radical (unpaired) electrons. The van der Waals surface area contributed by atoms with Crippen LogP contribution in [-0.2, 0) is 14.3 Å². The number of carbonyl (C=O) groups excluding carboxylic acids is 2. The Kier molecular flexibility index (Phi) is 43.9. The van der Waals surface area contributed by atoms with E-state index in [4.69, 9.17) is 4.74 Å². The zero-order valence-corrected chi connectivity index (χ0v) is 38.5. The summed E-state index contributed by atoms with van der Waals surface area (Å²) in [6, 6.07) is -0.741. The molecule has 0 aliphatic rings. The summed E-state index contributed by atoms with van der Waals surface area (Å²) in [6.07, 6.45) is 62.9. The molecule has 0 bridgehead atoms. The average Bonchev–Trinajstić information content (AvgIpc) is 3.24. The summed E-state index contributed by atoms with van der Waals surface area (Å²) in [5.41, 5.74) is 0. The zero-order chi connectivity index (χ0) is 43.8. The first-order chi connectivity index (χ1) is 29.5. The largest absolute Gasteiger partial charge is 0.462 e. The third-order valence-corrected chi connectivity index (χ3v) is 10.2. The summed E-state index contributed by atoms with van der Waals surface area (Å²) < 4.78 is 5.85. The number of amides is 1. The number of carbonyl (C=O) groups is 2. The van der Waals surface area contributed by atoms with Gasteiger partial charge in [-0.15, -0.1) is 0 Å². The van der Waals surface area contributed by atoms with Crippen LogP contribution >= 0.6 is 0 Å². The lowest BCUT2D eigenvalue weighted by Crippen LogP contribution is -2.46. The summed E-state index contributed by atoms with van der Waals surface area (Å²) in [5, 5.41) is 23.6. The van der Waals surface area contributed by atoms with Crippen molar-refractivity contribution in [1.82, 2.24) is 5.32 Å². The number of hydrogen-bond donors (Lipinski definition) is 3. The number of ether oxygens (including phenoxy) is 1. The molecule has 3 N–H and O–H groups in total. The maximum absolute atomic E-state index is 13.1. The lowest BCUT2D eigenvalue weighted by molar-refractivity contribution is -0.151. The summed E-state index contributed by atoms with van der Waals surface area (Å²) in [6.45, 7) is 6.25. The summed E-state index contributed by atoms with van der Waals surface area (Å²) in [5.74, 6) is -0.626. The van der Waals surface area contributed by atoms with Crippen molar-refractivity contribution in [2.75, 3.05) is 6.61 Å². The molecule has 3 atom stereocenters. The molecular weight excluding hydrogens is 743 g/mol. The Morgan fingerprint density at radius 2 is 0.983 bits per heavy atom. The van der Waals surface area contributed by atoms with Gasteiger partial charge in [-0.05, 0) is 77.0 Å². The number of unbranched alkanes of at least 4 members (excludes halogenated alkanes) is 15. The molecule has 0 heterocycles. The average molecular weight is 832 g/mol. The van der Waals surface area contributed by atoms with Crippen LogP contribution in [0.5, 0.6) is 0 Å². The highest BCUT2D eigenvalue weighted by Crippen LogP contribution is 2.16. The van der Waals surface area contributed by atoms with Crippen LogP contribution in [0.4, 0.5) is 0 Å². The molecule has 0 spiro atoms. The second-order valence-corrected chi connectivity index (χ2v) is 15.9. The molecule has 340 valence electrons. The van der Waals surface area contributed by atoms with Crippen molar-refractivity contribution in [3.63, 3.8) is 0 Å². The Hall–Kier alpha value is -3.48. The second-order valence-electron chi connectivity index (χ2n) is 15.9. The first-order valence-corrected chi connectivity index (χ1v) is 24.2. The Morgan fingerprint density at radius 3 is 1.53 bits per heavy atom.